The third-order valence-corrected chi connectivity index (χ3v) is 3.44. The first-order valence-corrected chi connectivity index (χ1v) is 6.60. The lowest BCUT2D eigenvalue weighted by molar-refractivity contribution is -0.373. The number of hydrogen-bond acceptors (Lipinski definition) is 3. The maximum absolute atomic E-state index is 12.5. The third kappa shape index (κ3) is 4.15. The average molecular weight is 334 g/mol. The van der Waals surface area contributed by atoms with Gasteiger partial charge < -0.3 is 9.84 Å². The number of esters is 1. The summed E-state index contributed by atoms with van der Waals surface area (Å²) in [7, 11) is 0. The van der Waals surface area contributed by atoms with E-state index in [0.717, 1.165) is 6.92 Å². The lowest BCUT2D eigenvalue weighted by Crippen LogP contribution is -2.58. The Bertz CT molecular complexity index is 412. The molecule has 1 rings (SSSR count). The van der Waals surface area contributed by atoms with E-state index < -0.39 is 42.4 Å². The van der Waals surface area contributed by atoms with Crippen LogP contribution in [0.25, 0.3) is 0 Å². The average Bonchev–Trinajstić information content (AvgIpc) is 2.36. The Morgan fingerprint density at radius 3 is 2.18 bits per heavy atom. The van der Waals surface area contributed by atoms with Gasteiger partial charge in [-0.3, -0.25) is 4.79 Å². The molecule has 0 aromatic rings. The highest BCUT2D eigenvalue weighted by Gasteiger charge is 2.70. The van der Waals surface area contributed by atoms with Crippen LogP contribution in [-0.4, -0.2) is 35.1 Å². The molecule has 3 nitrogen and oxygen atoms in total. The molecule has 2 unspecified atom stereocenters. The monoisotopic (exact) mass is 334 g/mol. The molecule has 0 amide bonds. The second-order valence-electron chi connectivity index (χ2n) is 5.29. The van der Waals surface area contributed by atoms with E-state index in [4.69, 9.17) is 5.11 Å². The van der Waals surface area contributed by atoms with Crippen molar-refractivity contribution in [2.75, 3.05) is 0 Å². The van der Waals surface area contributed by atoms with Crippen molar-refractivity contribution in [2.45, 2.75) is 56.7 Å². The summed E-state index contributed by atoms with van der Waals surface area (Å²) in [6.07, 6.45) is -10.5. The molecule has 0 fully saturated rings. The minimum atomic E-state index is -5.92. The van der Waals surface area contributed by atoms with Crippen molar-refractivity contribution in [1.82, 2.24) is 0 Å². The molecule has 9 heteroatoms. The Hall–Kier alpha value is -1.25. The molecule has 128 valence electrons. The summed E-state index contributed by atoms with van der Waals surface area (Å²) in [5, 5.41) is 9.03. The van der Waals surface area contributed by atoms with Gasteiger partial charge in [-0.05, 0) is 26.2 Å². The van der Waals surface area contributed by atoms with Gasteiger partial charge in [0.15, 0.2) is 0 Å². The van der Waals surface area contributed by atoms with E-state index in [0.29, 0.717) is 19.3 Å². The normalized spacial score (nSPS) is 21.5. The van der Waals surface area contributed by atoms with E-state index >= 15 is 0 Å². The van der Waals surface area contributed by atoms with E-state index in [1.807, 2.05) is 6.08 Å². The van der Waals surface area contributed by atoms with Crippen LogP contribution in [0.1, 0.15) is 32.6 Å². The Kier molecular flexibility index (Phi) is 5.53. The van der Waals surface area contributed by atoms with Gasteiger partial charge in [-0.1, -0.05) is 12.2 Å². The van der Waals surface area contributed by atoms with Crippen LogP contribution in [0.4, 0.5) is 26.3 Å². The van der Waals surface area contributed by atoms with Gasteiger partial charge in [0.05, 0.1) is 5.92 Å². The number of hydrogen-bond donors (Lipinski definition) is 1. The first kappa shape index (κ1) is 18.8. The lowest BCUT2D eigenvalue weighted by atomic mass is 9.93. The fourth-order valence-electron chi connectivity index (χ4n) is 2.15. The van der Waals surface area contributed by atoms with Crippen LogP contribution in [0, 0.1) is 5.92 Å². The maximum Gasteiger partial charge on any atom is 0.426 e. The van der Waals surface area contributed by atoms with Crippen molar-refractivity contribution in [3.05, 3.63) is 12.2 Å². The Labute approximate surface area is 122 Å². The van der Waals surface area contributed by atoms with Gasteiger partial charge in [0, 0.05) is 6.42 Å². The fraction of sp³-hybridized carbons (Fsp3) is 0.769. The predicted molar refractivity (Wildman–Crippen MR) is 63.7 cm³/mol. The smallest absolute Gasteiger partial charge is 0.426 e. The minimum Gasteiger partial charge on any atom is -0.462 e. The highest BCUT2D eigenvalue weighted by atomic mass is 19.4. The number of allylic oxidation sites excluding steroid dienone is 2. The molecule has 0 heterocycles. The van der Waals surface area contributed by atoms with Crippen molar-refractivity contribution < 1.29 is 41.0 Å². The summed E-state index contributed by atoms with van der Waals surface area (Å²) in [5.74, 6) is -1.44. The molecule has 1 aliphatic carbocycles. The summed E-state index contributed by atoms with van der Waals surface area (Å²) < 4.78 is 79.8. The number of aliphatic hydroxyl groups is 1. The third-order valence-electron chi connectivity index (χ3n) is 3.44. The zero-order valence-corrected chi connectivity index (χ0v) is 11.7. The van der Waals surface area contributed by atoms with Gasteiger partial charge in [-0.2, -0.15) is 26.3 Å². The molecule has 0 aromatic carbocycles. The summed E-state index contributed by atoms with van der Waals surface area (Å²) in [4.78, 5) is 11.7. The molecular weight excluding hydrogens is 318 g/mol. The number of carbonyl (C=O) groups is 1. The number of rotatable bonds is 4. The molecule has 1 N–H and O–H groups in total. The largest absolute Gasteiger partial charge is 0.462 e. The van der Waals surface area contributed by atoms with E-state index in [1.54, 1.807) is 6.08 Å². The van der Waals surface area contributed by atoms with E-state index in [-0.39, 0.29) is 0 Å². The van der Waals surface area contributed by atoms with Crippen molar-refractivity contribution in [3.8, 4) is 0 Å². The van der Waals surface area contributed by atoms with Crippen LogP contribution in [0.15, 0.2) is 12.2 Å². The molecule has 0 spiro atoms. The van der Waals surface area contributed by atoms with Crippen molar-refractivity contribution in [1.29, 1.82) is 0 Å². The number of halogens is 6. The van der Waals surface area contributed by atoms with Gasteiger partial charge >= 0.3 is 18.3 Å². The molecule has 0 bridgehead atoms. The van der Waals surface area contributed by atoms with Crippen LogP contribution >= 0.6 is 0 Å². The molecular formula is C13H16F6O3. The summed E-state index contributed by atoms with van der Waals surface area (Å²) in [6, 6.07) is 0. The Morgan fingerprint density at radius 2 is 1.77 bits per heavy atom. The Morgan fingerprint density at radius 1 is 1.23 bits per heavy atom. The summed E-state index contributed by atoms with van der Waals surface area (Å²) in [6.45, 7) is 0.888. The molecule has 0 saturated carbocycles. The first-order chi connectivity index (χ1) is 9.88. The highest BCUT2D eigenvalue weighted by molar-refractivity contribution is 5.73. The topological polar surface area (TPSA) is 46.5 Å². The summed E-state index contributed by atoms with van der Waals surface area (Å²) >= 11 is 0. The molecule has 22 heavy (non-hydrogen) atoms. The molecule has 0 aromatic heterocycles. The van der Waals surface area contributed by atoms with Crippen LogP contribution in [0.3, 0.4) is 0 Å². The molecule has 1 aliphatic rings. The van der Waals surface area contributed by atoms with E-state index in [1.165, 1.54) is 0 Å². The quantitative estimate of drug-likeness (QED) is 0.486. The summed E-state index contributed by atoms with van der Waals surface area (Å²) in [5.41, 5.74) is -4.91. The number of ether oxygens (including phenoxy) is 1. The van der Waals surface area contributed by atoms with Gasteiger partial charge in [-0.15, -0.1) is 0 Å². The van der Waals surface area contributed by atoms with Gasteiger partial charge in [0.25, 0.3) is 5.60 Å². The zero-order valence-electron chi connectivity index (χ0n) is 11.7. The van der Waals surface area contributed by atoms with Crippen LogP contribution in [-0.2, 0) is 9.53 Å². The van der Waals surface area contributed by atoms with Gasteiger partial charge in [-0.25, -0.2) is 0 Å². The molecule has 0 radical (unpaired) electrons. The zero-order chi connectivity index (χ0) is 17.2. The fourth-order valence-corrected chi connectivity index (χ4v) is 2.15. The molecule has 0 saturated heterocycles. The SMILES string of the molecule is CC(CC(O)(C(F)(F)F)C(F)(F)F)OC(=O)C1CC=CCC1. The number of carbonyl (C=O) groups excluding carboxylic acids is 1. The van der Waals surface area contributed by atoms with Crippen molar-refractivity contribution in [3.63, 3.8) is 0 Å². The van der Waals surface area contributed by atoms with Crippen molar-refractivity contribution >= 4 is 5.97 Å². The van der Waals surface area contributed by atoms with Gasteiger partial charge in [0.2, 0.25) is 0 Å². The Balaban J connectivity index is 2.74. The minimum absolute atomic E-state index is 0.328. The van der Waals surface area contributed by atoms with Crippen LogP contribution in [0.2, 0.25) is 0 Å². The van der Waals surface area contributed by atoms with E-state index in [9.17, 15) is 31.1 Å². The number of alkyl halides is 6. The predicted octanol–water partition coefficient (Wildman–Crippen LogP) is 3.52. The van der Waals surface area contributed by atoms with E-state index in [2.05, 4.69) is 4.74 Å². The maximum atomic E-state index is 12.5. The standard InChI is InChI=1S/C13H16F6O3/c1-8(22-10(20)9-5-3-2-4-6-9)7-11(21,12(14,15)16)13(17,18)19/h2-3,8-9,21H,4-7H2,1H3. The highest BCUT2D eigenvalue weighted by Crippen LogP contribution is 2.46. The second-order valence-corrected chi connectivity index (χ2v) is 5.29. The molecule has 2 atom stereocenters. The second kappa shape index (κ2) is 6.47. The lowest BCUT2D eigenvalue weighted by Gasteiger charge is -2.34. The van der Waals surface area contributed by atoms with Gasteiger partial charge in [0.1, 0.15) is 6.10 Å². The first-order valence-electron chi connectivity index (χ1n) is 6.60. The van der Waals surface area contributed by atoms with Crippen LogP contribution in [0.5, 0.6) is 0 Å². The molecule has 0 aliphatic heterocycles. The van der Waals surface area contributed by atoms with Crippen LogP contribution < -0.4 is 0 Å². The van der Waals surface area contributed by atoms with Crippen molar-refractivity contribution in [2.24, 2.45) is 5.92 Å².